The summed E-state index contributed by atoms with van der Waals surface area (Å²) in [6.45, 7) is 0. The Morgan fingerprint density at radius 3 is 2.00 bits per heavy atom. The first-order valence-corrected chi connectivity index (χ1v) is 8.21. The second-order valence-electron chi connectivity index (χ2n) is 1.51. The van der Waals surface area contributed by atoms with E-state index in [1.165, 1.54) is 4.49 Å². The molecule has 0 amide bonds. The minimum Gasteiger partial charge on any atom is -0.590 e. The molecule has 0 radical (unpaired) electrons. The fraction of sp³-hybridized carbons (Fsp3) is 1.00. The van der Waals surface area contributed by atoms with Crippen molar-refractivity contribution in [1.82, 2.24) is 4.49 Å². The molecule has 80 valence electrons. The van der Waals surface area contributed by atoms with E-state index < -0.39 is 22.6 Å². The van der Waals surface area contributed by atoms with Gasteiger partial charge in [-0.2, -0.15) is 0 Å². The van der Waals surface area contributed by atoms with Crippen LogP contribution in [-0.2, 0) is 15.9 Å². The van der Waals surface area contributed by atoms with Gasteiger partial charge in [0.25, 0.3) is 0 Å². The molecule has 0 aromatic rings. The summed E-state index contributed by atoms with van der Waals surface area (Å²) in [6, 6.07) is 0. The van der Waals surface area contributed by atoms with Crippen molar-refractivity contribution in [3.05, 3.63) is 0 Å². The van der Waals surface area contributed by atoms with Crippen LogP contribution in [0.5, 0.6) is 0 Å². The molecule has 0 aromatic heterocycles. The summed E-state index contributed by atoms with van der Waals surface area (Å²) >= 11 is -3.21. The third-order valence-electron chi connectivity index (χ3n) is 0.682. The maximum absolute atomic E-state index is 11.7. The number of nitrogens with one attached hydrogen (secondary N) is 1. The van der Waals surface area contributed by atoms with E-state index >= 15 is 0 Å². The molecule has 0 saturated carbocycles. The standard InChI is InChI=1S/CH5F3N3O2PS3/c2-1(3,4)13(9)7-10(8,11-5)12-6/h5-6H2,(H,7,8). The Morgan fingerprint density at radius 1 is 1.38 bits per heavy atom. The number of alkyl halides is 3. The van der Waals surface area contributed by atoms with Crippen molar-refractivity contribution < 1.29 is 22.3 Å². The third-order valence-corrected chi connectivity index (χ3v) is 7.77. The van der Waals surface area contributed by atoms with Crippen molar-refractivity contribution >= 4 is 40.2 Å². The van der Waals surface area contributed by atoms with Crippen molar-refractivity contribution in [3.8, 4) is 0 Å². The predicted octanol–water partition coefficient (Wildman–Crippen LogP) is 1.08. The van der Waals surface area contributed by atoms with Crippen LogP contribution < -0.4 is 14.8 Å². The summed E-state index contributed by atoms with van der Waals surface area (Å²) < 4.78 is 57.8. The quantitative estimate of drug-likeness (QED) is 0.400. The molecule has 1 atom stereocenters. The van der Waals surface area contributed by atoms with Gasteiger partial charge in [0.15, 0.2) is 11.4 Å². The summed E-state index contributed by atoms with van der Waals surface area (Å²) in [6.07, 6.45) is 0. The Morgan fingerprint density at radius 2 is 1.77 bits per heavy atom. The van der Waals surface area contributed by atoms with Crippen LogP contribution in [0.3, 0.4) is 0 Å². The lowest BCUT2D eigenvalue weighted by molar-refractivity contribution is -0.0440. The highest BCUT2D eigenvalue weighted by Gasteiger charge is 2.49. The van der Waals surface area contributed by atoms with Gasteiger partial charge >= 0.3 is 11.2 Å². The van der Waals surface area contributed by atoms with E-state index in [1.54, 1.807) is 0 Å². The van der Waals surface area contributed by atoms with Gasteiger partial charge in [-0.25, -0.2) is 0 Å². The van der Waals surface area contributed by atoms with Gasteiger partial charge in [-0.1, -0.05) is 4.49 Å². The van der Waals surface area contributed by atoms with Crippen molar-refractivity contribution in [2.75, 3.05) is 0 Å². The fourth-order valence-electron chi connectivity index (χ4n) is 0.221. The Balaban J connectivity index is 4.35. The lowest BCUT2D eigenvalue weighted by Gasteiger charge is -2.16. The van der Waals surface area contributed by atoms with Crippen LogP contribution in [0, 0.1) is 0 Å². The molecular weight excluding hydrogens is 270 g/mol. The summed E-state index contributed by atoms with van der Waals surface area (Å²) in [5, 5.41) is 9.60. The molecule has 5 nitrogen and oxygen atoms in total. The Labute approximate surface area is 83.1 Å². The van der Waals surface area contributed by atoms with Crippen molar-refractivity contribution in [2.24, 2.45) is 10.3 Å². The second kappa shape index (κ2) is 5.12. The largest absolute Gasteiger partial charge is 0.593 e. The van der Waals surface area contributed by atoms with Gasteiger partial charge in [-0.15, -0.1) is 13.2 Å². The molecule has 0 fully saturated rings. The predicted molar refractivity (Wildman–Crippen MR) is 48.5 cm³/mol. The molecule has 0 heterocycles. The number of halogens is 3. The molecule has 0 aliphatic rings. The van der Waals surface area contributed by atoms with Gasteiger partial charge < -0.3 is 4.55 Å². The van der Waals surface area contributed by atoms with Gasteiger partial charge in [0.05, 0.1) is 0 Å². The van der Waals surface area contributed by atoms with Crippen LogP contribution in [0.4, 0.5) is 13.2 Å². The zero-order valence-electron chi connectivity index (χ0n) is 5.78. The first-order valence-electron chi connectivity index (χ1n) is 2.38. The van der Waals surface area contributed by atoms with Gasteiger partial charge in [0, 0.05) is 23.1 Å². The lowest BCUT2D eigenvalue weighted by Crippen LogP contribution is -2.33. The first kappa shape index (κ1) is 13.9. The fourth-order valence-corrected chi connectivity index (χ4v) is 4.43. The topological polar surface area (TPSA) is 104 Å². The summed E-state index contributed by atoms with van der Waals surface area (Å²) in [5.74, 6) is 0. The van der Waals surface area contributed by atoms with Crippen LogP contribution in [-0.4, -0.2) is 10.1 Å². The molecule has 0 spiro atoms. The van der Waals surface area contributed by atoms with Crippen molar-refractivity contribution in [3.63, 3.8) is 0 Å². The second-order valence-corrected chi connectivity index (χ2v) is 9.70. The van der Waals surface area contributed by atoms with Crippen LogP contribution >= 0.6 is 28.8 Å². The van der Waals surface area contributed by atoms with Crippen molar-refractivity contribution in [2.45, 2.75) is 5.51 Å². The molecule has 5 N–H and O–H groups in total. The van der Waals surface area contributed by atoms with E-state index in [1.807, 2.05) is 0 Å². The van der Waals surface area contributed by atoms with Gasteiger partial charge in [-0.3, -0.25) is 14.8 Å². The molecule has 13 heavy (non-hydrogen) atoms. The summed E-state index contributed by atoms with van der Waals surface area (Å²) in [5.41, 5.74) is -8.70. The van der Waals surface area contributed by atoms with E-state index in [2.05, 4.69) is 0 Å². The van der Waals surface area contributed by atoms with Gasteiger partial charge in [0.2, 0.25) is 0 Å². The zero-order valence-corrected chi connectivity index (χ0v) is 9.12. The normalized spacial score (nSPS) is 15.8. The molecule has 0 rings (SSSR count). The van der Waals surface area contributed by atoms with Crippen LogP contribution in [0.25, 0.3) is 0 Å². The van der Waals surface area contributed by atoms with E-state index in [0.717, 1.165) is 0 Å². The first-order chi connectivity index (χ1) is 5.75. The van der Waals surface area contributed by atoms with E-state index in [0.29, 0.717) is 0 Å². The van der Waals surface area contributed by atoms with Crippen LogP contribution in [0.15, 0.2) is 0 Å². The average molecular weight is 275 g/mol. The molecule has 0 aromatic carbocycles. The highest BCUT2D eigenvalue weighted by Crippen LogP contribution is 2.61. The molecule has 0 saturated heterocycles. The maximum Gasteiger partial charge on any atom is 0.593 e. The summed E-state index contributed by atoms with van der Waals surface area (Å²) in [4.78, 5) is 0. The van der Waals surface area contributed by atoms with E-state index in [9.17, 15) is 22.3 Å². The number of hydrogen-bond donors (Lipinski definition) is 3. The van der Waals surface area contributed by atoms with E-state index in [4.69, 9.17) is 10.3 Å². The monoisotopic (exact) mass is 275 g/mol. The van der Waals surface area contributed by atoms with Gasteiger partial charge in [0.1, 0.15) is 0 Å². The molecule has 12 heteroatoms. The zero-order chi connectivity index (χ0) is 10.7. The molecule has 1 unspecified atom stereocenters. The maximum atomic E-state index is 11.7. The lowest BCUT2D eigenvalue weighted by atomic mass is 11.6. The van der Waals surface area contributed by atoms with Crippen LogP contribution in [0.1, 0.15) is 0 Å². The number of nitrogens with two attached hydrogens (primary N) is 2. The van der Waals surface area contributed by atoms with Gasteiger partial charge in [-0.05, 0) is 0 Å². The third kappa shape index (κ3) is 4.79. The minimum atomic E-state index is -4.99. The number of hydrogen-bond acceptors (Lipinski definition) is 6. The minimum absolute atomic E-state index is 0.106. The molecule has 0 aliphatic carbocycles. The summed E-state index contributed by atoms with van der Waals surface area (Å²) in [7, 11) is 0. The molecule has 0 aliphatic heterocycles. The van der Waals surface area contributed by atoms with Crippen molar-refractivity contribution in [1.29, 1.82) is 0 Å². The highest BCUT2D eigenvalue weighted by atomic mass is 33.1. The van der Waals surface area contributed by atoms with E-state index in [-0.39, 0.29) is 23.1 Å². The Bertz CT molecular complexity index is 205. The average Bonchev–Trinajstić information content (AvgIpc) is 2.02. The van der Waals surface area contributed by atoms with Crippen LogP contribution in [0.2, 0.25) is 0 Å². The Kier molecular flexibility index (Phi) is 5.48. The molecular formula is CH5F3N3O2PS3. The smallest absolute Gasteiger partial charge is 0.590 e. The highest BCUT2D eigenvalue weighted by molar-refractivity contribution is 8.89. The number of rotatable bonds is 4. The SMILES string of the molecule is NSP(=O)(N[S+]([O-])C(F)(F)F)SN. The molecule has 0 bridgehead atoms. The Hall–Kier alpha value is 0.910.